The van der Waals surface area contributed by atoms with Gasteiger partial charge in [-0.1, -0.05) is 25.3 Å². The van der Waals surface area contributed by atoms with Gasteiger partial charge in [0, 0.05) is 0 Å². The topological polar surface area (TPSA) is 20.2 Å². The molecule has 1 fully saturated rings. The zero-order valence-corrected chi connectivity index (χ0v) is 8.27. The molecule has 1 N–H and O–H groups in total. The molecule has 0 radical (unpaired) electrons. The summed E-state index contributed by atoms with van der Waals surface area (Å²) in [5, 5.41) is 9.92. The van der Waals surface area contributed by atoms with Crippen molar-refractivity contribution >= 4 is 0 Å². The quantitative estimate of drug-likeness (QED) is 0.642. The van der Waals surface area contributed by atoms with Crippen LogP contribution in [0.3, 0.4) is 0 Å². The second-order valence-electron chi connectivity index (χ2n) is 4.54. The molecular weight excluding hydrogens is 148 g/mol. The van der Waals surface area contributed by atoms with E-state index in [2.05, 4.69) is 13.5 Å². The molecule has 0 amide bonds. The molecule has 1 aliphatic carbocycles. The number of aliphatic hydroxyl groups excluding tert-OH is 1. The van der Waals surface area contributed by atoms with Gasteiger partial charge in [0.1, 0.15) is 0 Å². The summed E-state index contributed by atoms with van der Waals surface area (Å²) in [6.45, 7) is 8.03. The second kappa shape index (κ2) is 3.61. The van der Waals surface area contributed by atoms with Gasteiger partial charge in [0.25, 0.3) is 0 Å². The average molecular weight is 168 g/mol. The van der Waals surface area contributed by atoms with Crippen LogP contribution in [-0.2, 0) is 0 Å². The second-order valence-corrected chi connectivity index (χ2v) is 4.54. The molecule has 1 unspecified atom stereocenters. The lowest BCUT2D eigenvalue weighted by molar-refractivity contribution is 0.0425. The number of hydrogen-bond acceptors (Lipinski definition) is 1. The first-order valence-electron chi connectivity index (χ1n) is 4.87. The first kappa shape index (κ1) is 9.79. The summed E-state index contributed by atoms with van der Waals surface area (Å²) in [5.41, 5.74) is 1.27. The fourth-order valence-corrected chi connectivity index (χ4v) is 2.09. The Balaban J connectivity index is 2.49. The molecule has 1 aliphatic rings. The smallest absolute Gasteiger partial charge is 0.0630 e. The van der Waals surface area contributed by atoms with Gasteiger partial charge in [0.15, 0.2) is 0 Å². The molecule has 1 heteroatoms. The van der Waals surface area contributed by atoms with Crippen LogP contribution in [0, 0.1) is 5.41 Å². The minimum atomic E-state index is -0.169. The third-order valence-electron chi connectivity index (χ3n) is 3.09. The van der Waals surface area contributed by atoms with Crippen LogP contribution >= 0.6 is 0 Å². The van der Waals surface area contributed by atoms with Gasteiger partial charge in [-0.05, 0) is 31.6 Å². The minimum Gasteiger partial charge on any atom is -0.392 e. The van der Waals surface area contributed by atoms with Crippen LogP contribution in [0.4, 0.5) is 0 Å². The molecule has 12 heavy (non-hydrogen) atoms. The highest BCUT2D eigenvalue weighted by atomic mass is 16.3. The molecule has 0 heterocycles. The summed E-state index contributed by atoms with van der Waals surface area (Å²) in [7, 11) is 0. The Labute approximate surface area is 75.5 Å². The minimum absolute atomic E-state index is 0.169. The number of aliphatic hydroxyl groups is 1. The third kappa shape index (κ3) is 2.10. The van der Waals surface area contributed by atoms with Crippen molar-refractivity contribution in [2.75, 3.05) is 0 Å². The van der Waals surface area contributed by atoms with Crippen LogP contribution in [0.1, 0.15) is 46.0 Å². The van der Waals surface area contributed by atoms with Gasteiger partial charge in [-0.2, -0.15) is 0 Å². The molecule has 70 valence electrons. The predicted molar refractivity (Wildman–Crippen MR) is 52.0 cm³/mol. The molecule has 0 aromatic rings. The molecule has 0 aromatic heterocycles. The predicted octanol–water partition coefficient (Wildman–Crippen LogP) is 2.89. The lowest BCUT2D eigenvalue weighted by Crippen LogP contribution is -2.29. The molecule has 0 spiro atoms. The van der Waals surface area contributed by atoms with Gasteiger partial charge in [0.05, 0.1) is 6.10 Å². The number of hydrogen-bond donors (Lipinski definition) is 1. The highest BCUT2D eigenvalue weighted by Crippen LogP contribution is 2.42. The van der Waals surface area contributed by atoms with Crippen molar-refractivity contribution in [3.63, 3.8) is 0 Å². The van der Waals surface area contributed by atoms with E-state index in [4.69, 9.17) is 0 Å². The Hall–Kier alpha value is -0.300. The Morgan fingerprint density at radius 3 is 2.42 bits per heavy atom. The molecule has 1 saturated carbocycles. The van der Waals surface area contributed by atoms with E-state index in [-0.39, 0.29) is 11.5 Å². The maximum Gasteiger partial charge on any atom is 0.0630 e. The largest absolute Gasteiger partial charge is 0.392 e. The first-order valence-corrected chi connectivity index (χ1v) is 4.87. The van der Waals surface area contributed by atoms with Gasteiger partial charge in [-0.3, -0.25) is 0 Å². The van der Waals surface area contributed by atoms with E-state index in [9.17, 15) is 5.11 Å². The molecule has 0 saturated heterocycles. The summed E-state index contributed by atoms with van der Waals surface area (Å²) >= 11 is 0. The van der Waals surface area contributed by atoms with Crippen LogP contribution in [0.5, 0.6) is 0 Å². The average Bonchev–Trinajstić information content (AvgIpc) is 2.36. The summed E-state index contributed by atoms with van der Waals surface area (Å²) in [4.78, 5) is 0. The van der Waals surface area contributed by atoms with E-state index in [1.54, 1.807) is 0 Å². The van der Waals surface area contributed by atoms with Crippen molar-refractivity contribution in [2.24, 2.45) is 5.41 Å². The summed E-state index contributed by atoms with van der Waals surface area (Å²) < 4.78 is 0. The monoisotopic (exact) mass is 168 g/mol. The Morgan fingerprint density at radius 2 is 2.00 bits per heavy atom. The molecule has 1 nitrogen and oxygen atoms in total. The molecule has 1 rings (SSSR count). The molecule has 1 atom stereocenters. The van der Waals surface area contributed by atoms with E-state index < -0.39 is 0 Å². The molecule has 0 aliphatic heterocycles. The Morgan fingerprint density at radius 1 is 1.50 bits per heavy atom. The van der Waals surface area contributed by atoms with E-state index in [0.717, 1.165) is 12.0 Å². The zero-order valence-electron chi connectivity index (χ0n) is 8.27. The van der Waals surface area contributed by atoms with Gasteiger partial charge in [-0.15, -0.1) is 6.58 Å². The summed E-state index contributed by atoms with van der Waals surface area (Å²) in [6.07, 6.45) is 5.53. The standard InChI is InChI=1S/C11H20O/c1-9(2)8-10(12)11(3)6-4-5-7-11/h10,12H,1,4-8H2,2-3H3. The zero-order chi connectivity index (χ0) is 9.19. The van der Waals surface area contributed by atoms with Crippen LogP contribution < -0.4 is 0 Å². The fourth-order valence-electron chi connectivity index (χ4n) is 2.09. The normalized spacial score (nSPS) is 23.9. The Bertz CT molecular complexity index is 166. The summed E-state index contributed by atoms with van der Waals surface area (Å²) in [6, 6.07) is 0. The lowest BCUT2D eigenvalue weighted by atomic mass is 9.80. The fraction of sp³-hybridized carbons (Fsp3) is 0.818. The van der Waals surface area contributed by atoms with Gasteiger partial charge in [-0.25, -0.2) is 0 Å². The van der Waals surface area contributed by atoms with Gasteiger partial charge in [0.2, 0.25) is 0 Å². The maximum absolute atomic E-state index is 9.92. The van der Waals surface area contributed by atoms with E-state index in [0.29, 0.717) is 0 Å². The molecule has 0 bridgehead atoms. The SMILES string of the molecule is C=C(C)CC(O)C1(C)CCCC1. The van der Waals surface area contributed by atoms with Crippen LogP contribution in [0.25, 0.3) is 0 Å². The highest BCUT2D eigenvalue weighted by molar-refractivity contribution is 4.97. The number of rotatable bonds is 3. The maximum atomic E-state index is 9.92. The van der Waals surface area contributed by atoms with Crippen LogP contribution in [0.2, 0.25) is 0 Å². The van der Waals surface area contributed by atoms with Crippen molar-refractivity contribution in [3.8, 4) is 0 Å². The molecular formula is C11H20O. The van der Waals surface area contributed by atoms with Crippen molar-refractivity contribution in [1.29, 1.82) is 0 Å². The van der Waals surface area contributed by atoms with Gasteiger partial charge >= 0.3 is 0 Å². The molecule has 0 aromatic carbocycles. The lowest BCUT2D eigenvalue weighted by Gasteiger charge is -2.30. The third-order valence-corrected chi connectivity index (χ3v) is 3.09. The highest BCUT2D eigenvalue weighted by Gasteiger charge is 2.35. The van der Waals surface area contributed by atoms with E-state index in [1.165, 1.54) is 25.7 Å². The van der Waals surface area contributed by atoms with Crippen LogP contribution in [-0.4, -0.2) is 11.2 Å². The van der Waals surface area contributed by atoms with Crippen molar-refractivity contribution in [3.05, 3.63) is 12.2 Å². The van der Waals surface area contributed by atoms with Gasteiger partial charge < -0.3 is 5.11 Å². The summed E-state index contributed by atoms with van der Waals surface area (Å²) in [5.74, 6) is 0. The first-order chi connectivity index (χ1) is 5.54. The van der Waals surface area contributed by atoms with Crippen molar-refractivity contribution in [1.82, 2.24) is 0 Å². The van der Waals surface area contributed by atoms with Crippen LogP contribution in [0.15, 0.2) is 12.2 Å². The van der Waals surface area contributed by atoms with E-state index in [1.807, 2.05) is 6.92 Å². The van der Waals surface area contributed by atoms with Crippen molar-refractivity contribution < 1.29 is 5.11 Å². The van der Waals surface area contributed by atoms with E-state index >= 15 is 0 Å². The van der Waals surface area contributed by atoms with Crippen molar-refractivity contribution in [2.45, 2.75) is 52.1 Å². The Kier molecular flexibility index (Phi) is 2.94.